The summed E-state index contributed by atoms with van der Waals surface area (Å²) >= 11 is 0. The lowest BCUT2D eigenvalue weighted by Crippen LogP contribution is -2.32. The molecule has 1 N–H and O–H groups in total. The van der Waals surface area contributed by atoms with Crippen molar-refractivity contribution in [2.75, 3.05) is 26.7 Å². The number of aryl methyl sites for hydroxylation is 1. The molecule has 1 aliphatic heterocycles. The van der Waals surface area contributed by atoms with Gasteiger partial charge in [-0.05, 0) is 58.4 Å². The van der Waals surface area contributed by atoms with E-state index >= 15 is 0 Å². The highest BCUT2D eigenvalue weighted by molar-refractivity contribution is 5.24. The molecule has 2 heteroatoms. The first-order valence-corrected chi connectivity index (χ1v) is 7.26. The summed E-state index contributed by atoms with van der Waals surface area (Å²) in [4.78, 5) is 2.61. The van der Waals surface area contributed by atoms with Crippen molar-refractivity contribution in [2.24, 2.45) is 0 Å². The number of nitrogens with one attached hydrogen (secondary N) is 1. The molecule has 1 heterocycles. The van der Waals surface area contributed by atoms with Crippen molar-refractivity contribution in [3.63, 3.8) is 0 Å². The monoisotopic (exact) mass is 246 g/mol. The maximum atomic E-state index is 3.45. The number of nitrogens with zero attached hydrogens (tertiary/aromatic N) is 1. The summed E-state index contributed by atoms with van der Waals surface area (Å²) in [6.07, 6.45) is 5.40. The second kappa shape index (κ2) is 6.91. The Labute approximate surface area is 111 Å². The summed E-state index contributed by atoms with van der Waals surface area (Å²) in [5, 5.41) is 3.45. The predicted molar refractivity (Wildman–Crippen MR) is 77.9 cm³/mol. The normalized spacial score (nSPS) is 18.8. The second-order valence-corrected chi connectivity index (χ2v) is 5.44. The Balaban J connectivity index is 1.86. The molecule has 0 radical (unpaired) electrons. The van der Waals surface area contributed by atoms with Crippen LogP contribution in [-0.2, 0) is 0 Å². The van der Waals surface area contributed by atoms with Crippen LogP contribution in [0.15, 0.2) is 24.3 Å². The van der Waals surface area contributed by atoms with Crippen LogP contribution in [0.4, 0.5) is 0 Å². The van der Waals surface area contributed by atoms with E-state index in [1.54, 1.807) is 0 Å². The average molecular weight is 246 g/mol. The highest BCUT2D eigenvalue weighted by Gasteiger charge is 2.13. The van der Waals surface area contributed by atoms with Gasteiger partial charge in [-0.15, -0.1) is 0 Å². The number of hydrogen-bond acceptors (Lipinski definition) is 2. The quantitative estimate of drug-likeness (QED) is 0.858. The van der Waals surface area contributed by atoms with Crippen LogP contribution in [-0.4, -0.2) is 31.6 Å². The Morgan fingerprint density at radius 2 is 1.78 bits per heavy atom. The molecule has 100 valence electrons. The van der Waals surface area contributed by atoms with Crippen molar-refractivity contribution >= 4 is 0 Å². The fraction of sp³-hybridized carbons (Fsp3) is 0.625. The number of hydrogen-bond donors (Lipinski definition) is 1. The van der Waals surface area contributed by atoms with E-state index in [0.717, 1.165) is 0 Å². The first kappa shape index (κ1) is 13.6. The minimum absolute atomic E-state index is 0.493. The Hall–Kier alpha value is -0.860. The summed E-state index contributed by atoms with van der Waals surface area (Å²) < 4.78 is 0. The van der Waals surface area contributed by atoms with Crippen LogP contribution in [0.3, 0.4) is 0 Å². The van der Waals surface area contributed by atoms with Gasteiger partial charge in [-0.2, -0.15) is 0 Å². The van der Waals surface area contributed by atoms with Gasteiger partial charge in [-0.1, -0.05) is 36.2 Å². The van der Waals surface area contributed by atoms with E-state index in [4.69, 9.17) is 0 Å². The lowest BCUT2D eigenvalue weighted by molar-refractivity contribution is 0.218. The van der Waals surface area contributed by atoms with Gasteiger partial charge in [0.15, 0.2) is 0 Å². The molecule has 1 saturated heterocycles. The number of benzene rings is 1. The van der Waals surface area contributed by atoms with Gasteiger partial charge in [-0.25, -0.2) is 0 Å². The molecule has 1 fully saturated rings. The van der Waals surface area contributed by atoms with E-state index in [2.05, 4.69) is 48.5 Å². The predicted octanol–water partition coefficient (Wildman–Crippen LogP) is 3.13. The van der Waals surface area contributed by atoms with Crippen LogP contribution >= 0.6 is 0 Å². The highest BCUT2D eigenvalue weighted by Crippen LogP contribution is 2.18. The molecule has 18 heavy (non-hydrogen) atoms. The molecule has 2 nitrogen and oxygen atoms in total. The third kappa shape index (κ3) is 3.82. The van der Waals surface area contributed by atoms with Gasteiger partial charge in [0.05, 0.1) is 0 Å². The van der Waals surface area contributed by atoms with Gasteiger partial charge in [0.2, 0.25) is 0 Å². The molecule has 0 aromatic heterocycles. The zero-order valence-corrected chi connectivity index (χ0v) is 11.8. The van der Waals surface area contributed by atoms with Gasteiger partial charge in [0.25, 0.3) is 0 Å². The molecule has 0 saturated carbocycles. The van der Waals surface area contributed by atoms with Gasteiger partial charge in [0, 0.05) is 6.04 Å². The van der Waals surface area contributed by atoms with Crippen molar-refractivity contribution in [1.82, 2.24) is 10.2 Å². The van der Waals surface area contributed by atoms with Crippen molar-refractivity contribution < 1.29 is 0 Å². The minimum atomic E-state index is 0.493. The summed E-state index contributed by atoms with van der Waals surface area (Å²) in [6, 6.07) is 9.42. The maximum absolute atomic E-state index is 3.45. The van der Waals surface area contributed by atoms with E-state index in [-0.39, 0.29) is 0 Å². The van der Waals surface area contributed by atoms with E-state index in [0.29, 0.717) is 6.04 Å². The van der Waals surface area contributed by atoms with Crippen molar-refractivity contribution in [1.29, 1.82) is 0 Å². The number of rotatable bonds is 5. The Bertz CT molecular complexity index is 339. The second-order valence-electron chi connectivity index (χ2n) is 5.44. The SMILES string of the molecule is CNC(CCN1CCCCC1)c1ccc(C)cc1. The van der Waals surface area contributed by atoms with E-state index in [9.17, 15) is 0 Å². The molecular weight excluding hydrogens is 220 g/mol. The fourth-order valence-electron chi connectivity index (χ4n) is 2.77. The van der Waals surface area contributed by atoms with Crippen LogP contribution in [0.5, 0.6) is 0 Å². The first-order chi connectivity index (χ1) is 8.79. The smallest absolute Gasteiger partial charge is 0.0329 e. The zero-order chi connectivity index (χ0) is 12.8. The van der Waals surface area contributed by atoms with Crippen LogP contribution < -0.4 is 5.32 Å². The minimum Gasteiger partial charge on any atom is -0.313 e. The largest absolute Gasteiger partial charge is 0.313 e. The summed E-state index contributed by atoms with van der Waals surface area (Å²) in [7, 11) is 2.07. The van der Waals surface area contributed by atoms with E-state index in [1.807, 2.05) is 0 Å². The Morgan fingerprint density at radius 3 is 2.39 bits per heavy atom. The molecule has 2 rings (SSSR count). The molecule has 1 aliphatic rings. The van der Waals surface area contributed by atoms with Gasteiger partial charge < -0.3 is 10.2 Å². The Kier molecular flexibility index (Phi) is 5.21. The van der Waals surface area contributed by atoms with Gasteiger partial charge in [0.1, 0.15) is 0 Å². The van der Waals surface area contributed by atoms with Crippen molar-refractivity contribution in [3.05, 3.63) is 35.4 Å². The van der Waals surface area contributed by atoms with Crippen molar-refractivity contribution in [2.45, 2.75) is 38.6 Å². The van der Waals surface area contributed by atoms with E-state index in [1.165, 1.54) is 56.4 Å². The van der Waals surface area contributed by atoms with Crippen LogP contribution in [0.25, 0.3) is 0 Å². The summed E-state index contributed by atoms with van der Waals surface area (Å²) in [5.74, 6) is 0. The fourth-order valence-corrected chi connectivity index (χ4v) is 2.77. The lowest BCUT2D eigenvalue weighted by atomic mass is 10.0. The summed E-state index contributed by atoms with van der Waals surface area (Å²) in [5.41, 5.74) is 2.75. The number of piperidine rings is 1. The van der Waals surface area contributed by atoms with Crippen molar-refractivity contribution in [3.8, 4) is 0 Å². The van der Waals surface area contributed by atoms with Gasteiger partial charge in [-0.3, -0.25) is 0 Å². The molecule has 0 amide bonds. The summed E-state index contributed by atoms with van der Waals surface area (Å²) in [6.45, 7) is 5.96. The average Bonchev–Trinajstić information content (AvgIpc) is 2.42. The highest BCUT2D eigenvalue weighted by atomic mass is 15.1. The zero-order valence-electron chi connectivity index (χ0n) is 11.8. The molecule has 0 aliphatic carbocycles. The molecule has 0 spiro atoms. The molecule has 1 atom stereocenters. The standard InChI is InChI=1S/C16H26N2/c1-14-6-8-15(9-7-14)16(17-2)10-13-18-11-4-3-5-12-18/h6-9,16-17H,3-5,10-13H2,1-2H3. The molecule has 1 aromatic rings. The first-order valence-electron chi connectivity index (χ1n) is 7.26. The molecule has 1 aromatic carbocycles. The topological polar surface area (TPSA) is 15.3 Å². The number of likely N-dealkylation sites (tertiary alicyclic amines) is 1. The molecule has 1 unspecified atom stereocenters. The van der Waals surface area contributed by atoms with Gasteiger partial charge >= 0.3 is 0 Å². The van der Waals surface area contributed by atoms with E-state index < -0.39 is 0 Å². The third-order valence-corrected chi connectivity index (χ3v) is 4.01. The molecule has 0 bridgehead atoms. The maximum Gasteiger partial charge on any atom is 0.0329 e. The lowest BCUT2D eigenvalue weighted by Gasteiger charge is -2.28. The molecular formula is C16H26N2. The Morgan fingerprint density at radius 1 is 1.11 bits per heavy atom. The van der Waals surface area contributed by atoms with Crippen LogP contribution in [0.1, 0.15) is 42.9 Å². The third-order valence-electron chi connectivity index (χ3n) is 4.01. The van der Waals surface area contributed by atoms with Crippen LogP contribution in [0, 0.1) is 6.92 Å². The van der Waals surface area contributed by atoms with Crippen LogP contribution in [0.2, 0.25) is 0 Å².